The summed E-state index contributed by atoms with van der Waals surface area (Å²) in [5.41, 5.74) is -4.25. The fourth-order valence-electron chi connectivity index (χ4n) is 3.07. The summed E-state index contributed by atoms with van der Waals surface area (Å²) in [5.74, 6) is -9.22. The van der Waals surface area contributed by atoms with E-state index in [0.717, 1.165) is 6.07 Å². The number of carbonyl (C=O) groups is 2. The number of fused-ring (bicyclic) bond motifs is 2. The van der Waals surface area contributed by atoms with Crippen LogP contribution in [0.5, 0.6) is 0 Å². The minimum Gasteiger partial charge on any atom is -0.348 e. The molecule has 0 unspecified atom stereocenters. The molecule has 0 fully saturated rings. The lowest BCUT2D eigenvalue weighted by atomic mass is 9.83. The maximum Gasteiger partial charge on any atom is 0.197 e. The van der Waals surface area contributed by atoms with Gasteiger partial charge >= 0.3 is 0 Å². The van der Waals surface area contributed by atoms with Crippen molar-refractivity contribution in [3.05, 3.63) is 93.8 Å². The van der Waals surface area contributed by atoms with Crippen molar-refractivity contribution in [1.82, 2.24) is 0 Å². The zero-order chi connectivity index (χ0) is 20.2. The molecule has 0 amide bonds. The van der Waals surface area contributed by atoms with E-state index in [0.29, 0.717) is 12.1 Å². The average Bonchev–Trinajstić information content (AvgIpc) is 2.68. The van der Waals surface area contributed by atoms with Gasteiger partial charge in [0.2, 0.25) is 0 Å². The molecule has 4 rings (SSSR count). The van der Waals surface area contributed by atoms with Gasteiger partial charge in [0.05, 0.1) is 16.8 Å². The number of rotatable bonds is 2. The Bertz CT molecular complexity index is 1190. The van der Waals surface area contributed by atoms with Gasteiger partial charge in [-0.1, -0.05) is 24.3 Å². The van der Waals surface area contributed by atoms with Crippen LogP contribution in [0.2, 0.25) is 0 Å². The third-order valence-electron chi connectivity index (χ3n) is 4.38. The summed E-state index contributed by atoms with van der Waals surface area (Å²) in [4.78, 5) is 25.1. The van der Waals surface area contributed by atoms with Gasteiger partial charge in [0.1, 0.15) is 17.3 Å². The Kier molecular flexibility index (Phi) is 3.99. The first-order valence-electron chi connectivity index (χ1n) is 7.92. The maximum absolute atomic E-state index is 15.0. The molecule has 28 heavy (non-hydrogen) atoms. The second-order valence-electron chi connectivity index (χ2n) is 6.02. The molecule has 0 heterocycles. The highest BCUT2D eigenvalue weighted by molar-refractivity contribution is 6.28. The highest BCUT2D eigenvalue weighted by Crippen LogP contribution is 2.37. The molecular weight excluding hydrogens is 381 g/mol. The first-order chi connectivity index (χ1) is 13.3. The third kappa shape index (κ3) is 2.49. The molecule has 1 aliphatic carbocycles. The first kappa shape index (κ1) is 17.8. The number of hydrogen-bond donors (Lipinski definition) is 1. The van der Waals surface area contributed by atoms with Crippen LogP contribution in [0.1, 0.15) is 31.8 Å². The van der Waals surface area contributed by atoms with Crippen molar-refractivity contribution in [2.45, 2.75) is 0 Å². The van der Waals surface area contributed by atoms with E-state index in [-0.39, 0.29) is 11.1 Å². The number of hydrogen-bond acceptors (Lipinski definition) is 3. The van der Waals surface area contributed by atoms with E-state index in [1.165, 1.54) is 24.3 Å². The van der Waals surface area contributed by atoms with Gasteiger partial charge in [-0.05, 0) is 12.1 Å². The van der Waals surface area contributed by atoms with Gasteiger partial charge in [0.25, 0.3) is 0 Å². The zero-order valence-corrected chi connectivity index (χ0v) is 13.7. The van der Waals surface area contributed by atoms with E-state index in [1.807, 2.05) is 5.32 Å². The monoisotopic (exact) mass is 389 g/mol. The number of halogens is 5. The fourth-order valence-corrected chi connectivity index (χ4v) is 3.07. The topological polar surface area (TPSA) is 46.2 Å². The van der Waals surface area contributed by atoms with Gasteiger partial charge in [0.15, 0.2) is 29.0 Å². The molecule has 8 heteroatoms. The summed E-state index contributed by atoms with van der Waals surface area (Å²) in [6.45, 7) is 0. The Balaban J connectivity index is 1.95. The molecule has 3 nitrogen and oxygen atoms in total. The second kappa shape index (κ2) is 6.26. The number of carbonyl (C=O) groups excluding carboxylic acids is 2. The van der Waals surface area contributed by atoms with Gasteiger partial charge in [-0.15, -0.1) is 0 Å². The molecule has 0 spiro atoms. The summed E-state index contributed by atoms with van der Waals surface area (Å²) < 4.78 is 71.2. The van der Waals surface area contributed by atoms with Gasteiger partial charge in [-0.2, -0.15) is 0 Å². The van der Waals surface area contributed by atoms with Crippen molar-refractivity contribution in [3.63, 3.8) is 0 Å². The molecule has 0 aliphatic heterocycles. The molecule has 3 aromatic carbocycles. The Morgan fingerprint density at radius 3 is 1.86 bits per heavy atom. The van der Waals surface area contributed by atoms with E-state index >= 15 is 0 Å². The summed E-state index contributed by atoms with van der Waals surface area (Å²) in [5, 5.41) is 1.93. The van der Waals surface area contributed by atoms with Crippen LogP contribution >= 0.6 is 0 Å². The molecule has 0 radical (unpaired) electrons. The minimum absolute atomic E-state index is 0.173. The van der Waals surface area contributed by atoms with Gasteiger partial charge in [-0.3, -0.25) is 9.59 Å². The highest BCUT2D eigenvalue weighted by Gasteiger charge is 2.38. The highest BCUT2D eigenvalue weighted by atomic mass is 19.2. The van der Waals surface area contributed by atoms with Crippen LogP contribution < -0.4 is 5.32 Å². The van der Waals surface area contributed by atoms with Crippen molar-refractivity contribution in [2.75, 3.05) is 5.32 Å². The predicted octanol–water partition coefficient (Wildman–Crippen LogP) is 4.90. The number of ketones is 2. The van der Waals surface area contributed by atoms with Crippen LogP contribution in [-0.2, 0) is 0 Å². The van der Waals surface area contributed by atoms with Crippen LogP contribution in [0.25, 0.3) is 0 Å². The van der Waals surface area contributed by atoms with E-state index in [4.69, 9.17) is 0 Å². The lowest BCUT2D eigenvalue weighted by Crippen LogP contribution is -2.25. The van der Waals surface area contributed by atoms with Crippen molar-refractivity contribution >= 4 is 22.9 Å². The first-order valence-corrected chi connectivity index (χ1v) is 7.92. The Hall–Kier alpha value is -3.55. The molecule has 140 valence electrons. The Labute approximate surface area is 154 Å². The number of anilines is 2. The van der Waals surface area contributed by atoms with Crippen molar-refractivity contribution in [2.24, 2.45) is 0 Å². The molecule has 3 aromatic rings. The lowest BCUT2D eigenvalue weighted by Gasteiger charge is -2.21. The normalized spacial score (nSPS) is 12.6. The second-order valence-corrected chi connectivity index (χ2v) is 6.02. The van der Waals surface area contributed by atoms with Crippen molar-refractivity contribution in [3.8, 4) is 0 Å². The smallest absolute Gasteiger partial charge is 0.197 e. The molecule has 0 saturated carbocycles. The van der Waals surface area contributed by atoms with E-state index in [9.17, 15) is 31.5 Å². The summed E-state index contributed by atoms with van der Waals surface area (Å²) in [6, 6.07) is 7.41. The molecule has 0 atom stereocenters. The van der Waals surface area contributed by atoms with Crippen molar-refractivity contribution < 1.29 is 31.5 Å². The Morgan fingerprint density at radius 2 is 1.25 bits per heavy atom. The summed E-state index contributed by atoms with van der Waals surface area (Å²) in [7, 11) is 0. The van der Waals surface area contributed by atoms with Crippen LogP contribution in [0.4, 0.5) is 33.3 Å². The maximum atomic E-state index is 15.0. The molecule has 0 saturated heterocycles. The summed E-state index contributed by atoms with van der Waals surface area (Å²) >= 11 is 0. The van der Waals surface area contributed by atoms with Crippen LogP contribution in [0, 0.1) is 29.1 Å². The average molecular weight is 389 g/mol. The number of nitrogens with one attached hydrogen (secondary N) is 1. The standard InChI is InChI=1S/C20H8F5NO2/c21-8-5-6-11(22)12(7-8)26-18-16(24)14-13(15(23)17(18)25)19(27)9-3-1-2-4-10(9)20(14)28/h1-7,26H. The third-order valence-corrected chi connectivity index (χ3v) is 4.38. The molecule has 0 aromatic heterocycles. The van der Waals surface area contributed by atoms with Gasteiger partial charge in [-0.25, -0.2) is 22.0 Å². The van der Waals surface area contributed by atoms with E-state index < -0.39 is 63.2 Å². The zero-order valence-electron chi connectivity index (χ0n) is 13.7. The van der Waals surface area contributed by atoms with Crippen LogP contribution in [-0.4, -0.2) is 11.6 Å². The minimum atomic E-state index is -1.83. The lowest BCUT2D eigenvalue weighted by molar-refractivity contribution is 0.0971. The largest absolute Gasteiger partial charge is 0.348 e. The molecular formula is C20H8F5NO2. The van der Waals surface area contributed by atoms with E-state index in [2.05, 4.69) is 0 Å². The van der Waals surface area contributed by atoms with Crippen molar-refractivity contribution in [1.29, 1.82) is 0 Å². The van der Waals surface area contributed by atoms with E-state index in [1.54, 1.807) is 0 Å². The SMILES string of the molecule is O=C1c2ccccc2C(=O)c2c(F)c(Nc3cc(F)ccc3F)c(F)c(F)c21. The fraction of sp³-hybridized carbons (Fsp3) is 0. The number of benzene rings is 3. The summed E-state index contributed by atoms with van der Waals surface area (Å²) in [6.07, 6.45) is 0. The molecule has 1 N–H and O–H groups in total. The van der Waals surface area contributed by atoms with Crippen LogP contribution in [0.15, 0.2) is 42.5 Å². The molecule has 1 aliphatic rings. The van der Waals surface area contributed by atoms with Crippen LogP contribution in [0.3, 0.4) is 0 Å². The Morgan fingerprint density at radius 1 is 0.679 bits per heavy atom. The quantitative estimate of drug-likeness (QED) is 0.392. The molecule has 0 bridgehead atoms. The predicted molar refractivity (Wildman–Crippen MR) is 89.3 cm³/mol. The van der Waals surface area contributed by atoms with Gasteiger partial charge in [0, 0.05) is 17.2 Å². The van der Waals surface area contributed by atoms with Gasteiger partial charge < -0.3 is 5.32 Å².